The van der Waals surface area contributed by atoms with Gasteiger partial charge in [0.15, 0.2) is 5.96 Å². The van der Waals surface area contributed by atoms with Crippen molar-refractivity contribution in [3.63, 3.8) is 0 Å². The molecule has 1 amide bonds. The van der Waals surface area contributed by atoms with Crippen molar-refractivity contribution in [2.75, 3.05) is 27.3 Å². The molecule has 4 N–H and O–H groups in total. The first-order valence-electron chi connectivity index (χ1n) is 8.22. The van der Waals surface area contributed by atoms with Crippen LogP contribution in [0.1, 0.15) is 15.9 Å². The van der Waals surface area contributed by atoms with E-state index in [1.54, 1.807) is 26.3 Å². The van der Waals surface area contributed by atoms with Gasteiger partial charge in [0.1, 0.15) is 18.1 Å². The minimum absolute atomic E-state index is 0. The zero-order valence-corrected chi connectivity index (χ0v) is 17.7. The lowest BCUT2D eigenvalue weighted by molar-refractivity contribution is 0.100. The molecule has 0 unspecified atom stereocenters. The molecule has 0 radical (unpaired) electrons. The molecule has 0 saturated heterocycles. The van der Waals surface area contributed by atoms with E-state index in [-0.39, 0.29) is 24.0 Å². The molecule has 0 atom stereocenters. The van der Waals surface area contributed by atoms with Crippen molar-refractivity contribution >= 4 is 35.8 Å². The van der Waals surface area contributed by atoms with Crippen LogP contribution in [0.4, 0.5) is 0 Å². The molecule has 0 spiro atoms. The SMILES string of the molecule is CN=C(NCCOc1ccc(OC)cc1)NCc1ccc(C(N)=O)cc1.I. The summed E-state index contributed by atoms with van der Waals surface area (Å²) in [6.07, 6.45) is 0. The summed E-state index contributed by atoms with van der Waals surface area (Å²) >= 11 is 0. The summed E-state index contributed by atoms with van der Waals surface area (Å²) in [7, 11) is 3.33. The Hall–Kier alpha value is -2.49. The second-order valence-electron chi connectivity index (χ2n) is 5.44. The number of nitrogens with two attached hydrogens (primary N) is 1. The molecular formula is C19H25IN4O3. The summed E-state index contributed by atoms with van der Waals surface area (Å²) < 4.78 is 10.8. The average Bonchev–Trinajstić information content (AvgIpc) is 2.68. The third kappa shape index (κ3) is 7.73. The zero-order chi connectivity index (χ0) is 18.8. The van der Waals surface area contributed by atoms with Gasteiger partial charge in [0.2, 0.25) is 5.91 Å². The predicted molar refractivity (Wildman–Crippen MR) is 117 cm³/mol. The zero-order valence-electron chi connectivity index (χ0n) is 15.4. The fraction of sp³-hybridized carbons (Fsp3) is 0.263. The molecular weight excluding hydrogens is 459 g/mol. The molecule has 2 rings (SSSR count). The van der Waals surface area contributed by atoms with E-state index < -0.39 is 5.91 Å². The summed E-state index contributed by atoms with van der Waals surface area (Å²) in [5.41, 5.74) is 6.74. The summed E-state index contributed by atoms with van der Waals surface area (Å²) in [5, 5.41) is 6.38. The van der Waals surface area contributed by atoms with E-state index in [2.05, 4.69) is 15.6 Å². The van der Waals surface area contributed by atoms with Crippen molar-refractivity contribution in [2.24, 2.45) is 10.7 Å². The van der Waals surface area contributed by atoms with E-state index in [4.69, 9.17) is 15.2 Å². The lowest BCUT2D eigenvalue weighted by Crippen LogP contribution is -2.38. The van der Waals surface area contributed by atoms with Crippen LogP contribution < -0.4 is 25.8 Å². The Bertz CT molecular complexity index is 734. The Labute approximate surface area is 176 Å². The lowest BCUT2D eigenvalue weighted by atomic mass is 10.1. The largest absolute Gasteiger partial charge is 0.497 e. The maximum Gasteiger partial charge on any atom is 0.248 e. The normalized spacial score (nSPS) is 10.5. The van der Waals surface area contributed by atoms with Crippen LogP contribution in [-0.4, -0.2) is 39.2 Å². The number of carbonyl (C=O) groups is 1. The minimum Gasteiger partial charge on any atom is -0.497 e. The monoisotopic (exact) mass is 484 g/mol. The van der Waals surface area contributed by atoms with Gasteiger partial charge in [-0.2, -0.15) is 0 Å². The molecule has 0 heterocycles. The van der Waals surface area contributed by atoms with Crippen LogP contribution in [-0.2, 0) is 6.54 Å². The predicted octanol–water partition coefficient (Wildman–Crippen LogP) is 2.16. The topological polar surface area (TPSA) is 98.0 Å². The Balaban J connectivity index is 0.00000364. The van der Waals surface area contributed by atoms with Gasteiger partial charge in [-0.3, -0.25) is 9.79 Å². The van der Waals surface area contributed by atoms with Crippen molar-refractivity contribution in [1.82, 2.24) is 10.6 Å². The maximum atomic E-state index is 11.1. The van der Waals surface area contributed by atoms with E-state index in [9.17, 15) is 4.79 Å². The van der Waals surface area contributed by atoms with E-state index >= 15 is 0 Å². The van der Waals surface area contributed by atoms with Crippen molar-refractivity contribution in [2.45, 2.75) is 6.54 Å². The Morgan fingerprint density at radius 3 is 2.22 bits per heavy atom. The molecule has 2 aromatic carbocycles. The molecule has 146 valence electrons. The van der Waals surface area contributed by atoms with Crippen molar-refractivity contribution in [1.29, 1.82) is 0 Å². The standard InChI is InChI=1S/C19H24N4O3.HI/c1-21-19(23-13-14-3-5-15(6-4-14)18(20)24)22-11-12-26-17-9-7-16(25-2)8-10-17;/h3-10H,11-13H2,1-2H3,(H2,20,24)(H2,21,22,23);1H. The first-order chi connectivity index (χ1) is 12.6. The molecule has 0 aliphatic rings. The van der Waals surface area contributed by atoms with Gasteiger partial charge in [0, 0.05) is 19.2 Å². The molecule has 0 aliphatic heterocycles. The van der Waals surface area contributed by atoms with Gasteiger partial charge >= 0.3 is 0 Å². The summed E-state index contributed by atoms with van der Waals surface area (Å²) in [5.74, 6) is 1.81. The molecule has 8 heteroatoms. The van der Waals surface area contributed by atoms with Gasteiger partial charge in [0.05, 0.1) is 13.7 Å². The third-order valence-electron chi connectivity index (χ3n) is 3.64. The molecule has 2 aromatic rings. The molecule has 0 fully saturated rings. The second-order valence-corrected chi connectivity index (χ2v) is 5.44. The van der Waals surface area contributed by atoms with Crippen molar-refractivity contribution in [3.8, 4) is 11.5 Å². The number of carbonyl (C=O) groups excluding carboxylic acids is 1. The number of methoxy groups -OCH3 is 1. The smallest absolute Gasteiger partial charge is 0.248 e. The third-order valence-corrected chi connectivity index (χ3v) is 3.64. The number of nitrogens with zero attached hydrogens (tertiary/aromatic N) is 1. The summed E-state index contributed by atoms with van der Waals surface area (Å²) in [6, 6.07) is 14.6. The number of hydrogen-bond donors (Lipinski definition) is 3. The van der Waals surface area contributed by atoms with Crippen LogP contribution in [0.25, 0.3) is 0 Å². The fourth-order valence-electron chi connectivity index (χ4n) is 2.20. The van der Waals surface area contributed by atoms with Gasteiger partial charge in [0.25, 0.3) is 0 Å². The minimum atomic E-state index is -0.432. The van der Waals surface area contributed by atoms with Gasteiger partial charge < -0.3 is 25.8 Å². The lowest BCUT2D eigenvalue weighted by Gasteiger charge is -2.13. The number of guanidine groups is 1. The van der Waals surface area contributed by atoms with Crippen LogP contribution in [0.15, 0.2) is 53.5 Å². The number of amides is 1. The Morgan fingerprint density at radius 2 is 1.67 bits per heavy atom. The van der Waals surface area contributed by atoms with Crippen LogP contribution in [0.2, 0.25) is 0 Å². The van der Waals surface area contributed by atoms with Crippen LogP contribution in [0, 0.1) is 0 Å². The second kappa shape index (κ2) is 12.0. The van der Waals surface area contributed by atoms with Gasteiger partial charge in [-0.15, -0.1) is 24.0 Å². The van der Waals surface area contributed by atoms with E-state index in [1.165, 1.54) is 0 Å². The first kappa shape index (κ1) is 22.6. The Kier molecular flexibility index (Phi) is 10.0. The molecule has 0 bridgehead atoms. The number of hydrogen-bond acceptors (Lipinski definition) is 4. The fourth-order valence-corrected chi connectivity index (χ4v) is 2.20. The summed E-state index contributed by atoms with van der Waals surface area (Å²) in [6.45, 7) is 1.69. The van der Waals surface area contributed by atoms with Gasteiger partial charge in [-0.25, -0.2) is 0 Å². The first-order valence-corrected chi connectivity index (χ1v) is 8.22. The number of aliphatic imine (C=N–C) groups is 1. The maximum absolute atomic E-state index is 11.1. The van der Waals surface area contributed by atoms with Crippen LogP contribution in [0.5, 0.6) is 11.5 Å². The highest BCUT2D eigenvalue weighted by Crippen LogP contribution is 2.16. The average molecular weight is 484 g/mol. The van der Waals surface area contributed by atoms with Crippen LogP contribution >= 0.6 is 24.0 Å². The number of nitrogens with one attached hydrogen (secondary N) is 2. The number of rotatable bonds is 8. The Morgan fingerprint density at radius 1 is 1.04 bits per heavy atom. The van der Waals surface area contributed by atoms with Gasteiger partial charge in [-0.1, -0.05) is 12.1 Å². The van der Waals surface area contributed by atoms with Crippen molar-refractivity contribution < 1.29 is 14.3 Å². The number of benzene rings is 2. The van der Waals surface area contributed by atoms with E-state index in [0.29, 0.717) is 31.2 Å². The number of primary amides is 1. The van der Waals surface area contributed by atoms with E-state index in [1.807, 2.05) is 36.4 Å². The quantitative estimate of drug-likeness (QED) is 0.231. The van der Waals surface area contributed by atoms with Crippen LogP contribution in [0.3, 0.4) is 0 Å². The highest BCUT2D eigenvalue weighted by Gasteiger charge is 2.02. The molecule has 0 aliphatic carbocycles. The molecule has 0 aromatic heterocycles. The molecule has 7 nitrogen and oxygen atoms in total. The van der Waals surface area contributed by atoms with Crippen molar-refractivity contribution in [3.05, 3.63) is 59.7 Å². The highest BCUT2D eigenvalue weighted by atomic mass is 127. The number of ether oxygens (including phenoxy) is 2. The van der Waals surface area contributed by atoms with Gasteiger partial charge in [-0.05, 0) is 42.0 Å². The van der Waals surface area contributed by atoms with E-state index in [0.717, 1.165) is 17.1 Å². The molecule has 27 heavy (non-hydrogen) atoms. The number of halogens is 1. The highest BCUT2D eigenvalue weighted by molar-refractivity contribution is 14.0. The molecule has 0 saturated carbocycles. The summed E-state index contributed by atoms with van der Waals surface area (Å²) in [4.78, 5) is 15.2.